The minimum Gasteiger partial charge on any atom is -0.491 e. The topological polar surface area (TPSA) is 49.1 Å². The lowest BCUT2D eigenvalue weighted by atomic mass is 10.3. The Balaban J connectivity index is 2.41. The van der Waals surface area contributed by atoms with E-state index in [1.165, 1.54) is 0 Å². The molecule has 0 bridgehead atoms. The Morgan fingerprint density at radius 1 is 1.53 bits per heavy atom. The molecular formula is C11H15N3O. The van der Waals surface area contributed by atoms with E-state index in [0.29, 0.717) is 17.9 Å². The first kappa shape index (κ1) is 11.5. The Morgan fingerprint density at radius 2 is 2.33 bits per heavy atom. The molecule has 4 heteroatoms. The van der Waals surface area contributed by atoms with Gasteiger partial charge in [-0.3, -0.25) is 4.98 Å². The monoisotopic (exact) mass is 205 g/mol. The Labute approximate surface area is 90.1 Å². The average Bonchev–Trinajstić information content (AvgIpc) is 2.24. The molecule has 80 valence electrons. The molecule has 0 aliphatic rings. The number of hydrogen-bond donors (Lipinski definition) is 0. The summed E-state index contributed by atoms with van der Waals surface area (Å²) in [6.45, 7) is 1.58. The van der Waals surface area contributed by atoms with E-state index >= 15 is 0 Å². The molecule has 0 unspecified atom stereocenters. The molecule has 0 aromatic carbocycles. The van der Waals surface area contributed by atoms with Gasteiger partial charge >= 0.3 is 0 Å². The van der Waals surface area contributed by atoms with Crippen LogP contribution in [0.3, 0.4) is 0 Å². The molecule has 0 amide bonds. The largest absolute Gasteiger partial charge is 0.491 e. The molecule has 1 aromatic rings. The summed E-state index contributed by atoms with van der Waals surface area (Å²) in [4.78, 5) is 6.02. The van der Waals surface area contributed by atoms with Crippen molar-refractivity contribution in [3.63, 3.8) is 0 Å². The molecule has 0 N–H and O–H groups in total. The fourth-order valence-electron chi connectivity index (χ4n) is 1.15. The fourth-order valence-corrected chi connectivity index (χ4v) is 1.15. The minimum atomic E-state index is 0.537. The summed E-state index contributed by atoms with van der Waals surface area (Å²) in [6, 6.07) is 3.72. The number of aromatic nitrogens is 1. The van der Waals surface area contributed by atoms with Crippen molar-refractivity contribution in [3.05, 3.63) is 24.0 Å². The van der Waals surface area contributed by atoms with Crippen molar-refractivity contribution in [2.24, 2.45) is 0 Å². The van der Waals surface area contributed by atoms with Gasteiger partial charge < -0.3 is 9.64 Å². The zero-order chi connectivity index (χ0) is 11.1. The van der Waals surface area contributed by atoms with E-state index in [2.05, 4.69) is 16.0 Å². The summed E-state index contributed by atoms with van der Waals surface area (Å²) in [5.74, 6) is 0.568. The van der Waals surface area contributed by atoms with E-state index < -0.39 is 0 Å². The number of nitriles is 1. The van der Waals surface area contributed by atoms with Gasteiger partial charge in [-0.2, -0.15) is 5.26 Å². The Kier molecular flexibility index (Phi) is 4.58. The molecule has 0 aliphatic carbocycles. The van der Waals surface area contributed by atoms with Crippen molar-refractivity contribution in [1.29, 1.82) is 5.26 Å². The second-order valence-electron chi connectivity index (χ2n) is 3.49. The molecule has 0 aliphatic heterocycles. The maximum absolute atomic E-state index is 8.80. The van der Waals surface area contributed by atoms with Crippen molar-refractivity contribution in [1.82, 2.24) is 9.88 Å². The molecule has 1 aromatic heterocycles. The summed E-state index contributed by atoms with van der Waals surface area (Å²) in [7, 11) is 4.04. The van der Waals surface area contributed by atoms with Gasteiger partial charge in [-0.1, -0.05) is 0 Å². The van der Waals surface area contributed by atoms with E-state index in [1.54, 1.807) is 18.5 Å². The van der Waals surface area contributed by atoms with E-state index in [9.17, 15) is 0 Å². The molecular weight excluding hydrogens is 190 g/mol. The second-order valence-corrected chi connectivity index (χ2v) is 3.49. The van der Waals surface area contributed by atoms with Crippen LogP contribution in [0.15, 0.2) is 18.5 Å². The Bertz CT molecular complexity index is 344. The maximum Gasteiger partial charge on any atom is 0.155 e. The molecule has 1 rings (SSSR count). The van der Waals surface area contributed by atoms with Crippen LogP contribution in [-0.4, -0.2) is 37.1 Å². The first-order valence-corrected chi connectivity index (χ1v) is 4.85. The predicted molar refractivity (Wildman–Crippen MR) is 57.6 cm³/mol. The molecule has 1 heterocycles. The van der Waals surface area contributed by atoms with Gasteiger partial charge in [-0.05, 0) is 26.6 Å². The van der Waals surface area contributed by atoms with Crippen LogP contribution in [-0.2, 0) is 0 Å². The van der Waals surface area contributed by atoms with Crippen molar-refractivity contribution >= 4 is 0 Å². The third-order valence-electron chi connectivity index (χ3n) is 1.91. The highest BCUT2D eigenvalue weighted by Crippen LogP contribution is 2.14. The smallest absolute Gasteiger partial charge is 0.155 e. The molecule has 4 nitrogen and oxygen atoms in total. The van der Waals surface area contributed by atoms with Crippen LogP contribution in [0.2, 0.25) is 0 Å². The highest BCUT2D eigenvalue weighted by Gasteiger charge is 2.01. The first-order chi connectivity index (χ1) is 7.24. The Hall–Kier alpha value is -1.60. The van der Waals surface area contributed by atoms with Crippen LogP contribution in [0.4, 0.5) is 0 Å². The lowest BCUT2D eigenvalue weighted by molar-refractivity contribution is 0.280. The number of ether oxygens (including phenoxy) is 1. The van der Waals surface area contributed by atoms with Crippen LogP contribution in [0.5, 0.6) is 5.75 Å². The lowest BCUT2D eigenvalue weighted by Gasteiger charge is -2.10. The number of hydrogen-bond acceptors (Lipinski definition) is 4. The zero-order valence-corrected chi connectivity index (χ0v) is 9.10. The van der Waals surface area contributed by atoms with Gasteiger partial charge in [0.2, 0.25) is 0 Å². The maximum atomic E-state index is 8.80. The standard InChI is InChI=1S/C11H15N3O/c1-14(2)6-3-7-15-11-9-13-5-4-10(11)8-12/h4-5,9H,3,6-7H2,1-2H3. The molecule has 0 spiro atoms. The molecule has 0 saturated carbocycles. The summed E-state index contributed by atoms with van der Waals surface area (Å²) in [6.07, 6.45) is 4.10. The third-order valence-corrected chi connectivity index (χ3v) is 1.91. The summed E-state index contributed by atoms with van der Waals surface area (Å²) < 4.78 is 5.47. The first-order valence-electron chi connectivity index (χ1n) is 4.85. The molecule has 15 heavy (non-hydrogen) atoms. The molecule has 0 radical (unpaired) electrons. The number of pyridine rings is 1. The average molecular weight is 205 g/mol. The predicted octanol–water partition coefficient (Wildman–Crippen LogP) is 1.28. The summed E-state index contributed by atoms with van der Waals surface area (Å²) >= 11 is 0. The van der Waals surface area contributed by atoms with Crippen molar-refractivity contribution < 1.29 is 4.74 Å². The summed E-state index contributed by atoms with van der Waals surface area (Å²) in [5.41, 5.74) is 0.537. The molecule has 0 atom stereocenters. The number of nitrogens with zero attached hydrogens (tertiary/aromatic N) is 3. The van der Waals surface area contributed by atoms with Gasteiger partial charge in [-0.25, -0.2) is 0 Å². The second kappa shape index (κ2) is 5.99. The normalized spacial score (nSPS) is 10.0. The third kappa shape index (κ3) is 3.96. The van der Waals surface area contributed by atoms with Crippen molar-refractivity contribution in [3.8, 4) is 11.8 Å². The highest BCUT2D eigenvalue weighted by atomic mass is 16.5. The van der Waals surface area contributed by atoms with E-state index in [-0.39, 0.29) is 0 Å². The molecule has 0 fully saturated rings. The van der Waals surface area contributed by atoms with E-state index in [0.717, 1.165) is 13.0 Å². The summed E-state index contributed by atoms with van der Waals surface area (Å²) in [5, 5.41) is 8.80. The van der Waals surface area contributed by atoms with Crippen LogP contribution in [0.25, 0.3) is 0 Å². The zero-order valence-electron chi connectivity index (χ0n) is 9.10. The van der Waals surface area contributed by atoms with Crippen molar-refractivity contribution in [2.45, 2.75) is 6.42 Å². The van der Waals surface area contributed by atoms with Crippen LogP contribution < -0.4 is 4.74 Å². The van der Waals surface area contributed by atoms with E-state index in [4.69, 9.17) is 10.00 Å². The van der Waals surface area contributed by atoms with Gasteiger partial charge in [0, 0.05) is 12.7 Å². The van der Waals surface area contributed by atoms with Crippen LogP contribution >= 0.6 is 0 Å². The van der Waals surface area contributed by atoms with Gasteiger partial charge in [0.05, 0.1) is 18.4 Å². The highest BCUT2D eigenvalue weighted by molar-refractivity contribution is 5.40. The lowest BCUT2D eigenvalue weighted by Crippen LogP contribution is -2.15. The quantitative estimate of drug-likeness (QED) is 0.679. The van der Waals surface area contributed by atoms with Gasteiger partial charge in [0.15, 0.2) is 5.75 Å². The minimum absolute atomic E-state index is 0.537. The van der Waals surface area contributed by atoms with E-state index in [1.807, 2.05) is 14.1 Å². The van der Waals surface area contributed by atoms with Gasteiger partial charge in [0.1, 0.15) is 6.07 Å². The van der Waals surface area contributed by atoms with Gasteiger partial charge in [0.25, 0.3) is 0 Å². The van der Waals surface area contributed by atoms with Crippen LogP contribution in [0, 0.1) is 11.3 Å². The fraction of sp³-hybridized carbons (Fsp3) is 0.455. The van der Waals surface area contributed by atoms with Gasteiger partial charge in [-0.15, -0.1) is 0 Å². The number of rotatable bonds is 5. The SMILES string of the molecule is CN(C)CCCOc1cnccc1C#N. The molecule has 0 saturated heterocycles. The van der Waals surface area contributed by atoms with Crippen LogP contribution in [0.1, 0.15) is 12.0 Å². The Morgan fingerprint density at radius 3 is 3.00 bits per heavy atom. The van der Waals surface area contributed by atoms with Crippen molar-refractivity contribution in [2.75, 3.05) is 27.2 Å².